The number of carboxylic acids is 1. The molecule has 0 amide bonds. The Bertz CT molecular complexity index is 276. The SMILES string of the molecule is CS(=O)(=O)OC(=O)CCC(=O)O. The fourth-order valence-corrected chi connectivity index (χ4v) is 0.841. The van der Waals surface area contributed by atoms with Crippen LogP contribution in [0.15, 0.2) is 0 Å². The van der Waals surface area contributed by atoms with Gasteiger partial charge in [-0.3, -0.25) is 9.59 Å². The summed E-state index contributed by atoms with van der Waals surface area (Å²) in [5, 5.41) is 8.10. The molecule has 0 bridgehead atoms. The lowest BCUT2D eigenvalue weighted by Gasteiger charge is -1.98. The molecule has 0 atom stereocenters. The van der Waals surface area contributed by atoms with Gasteiger partial charge < -0.3 is 9.29 Å². The molecule has 0 aliphatic heterocycles. The van der Waals surface area contributed by atoms with E-state index >= 15 is 0 Å². The summed E-state index contributed by atoms with van der Waals surface area (Å²) in [4.78, 5) is 20.4. The van der Waals surface area contributed by atoms with E-state index in [0.29, 0.717) is 6.26 Å². The predicted molar refractivity (Wildman–Crippen MR) is 37.8 cm³/mol. The topological polar surface area (TPSA) is 97.7 Å². The number of carbonyl (C=O) groups excluding carboxylic acids is 1. The van der Waals surface area contributed by atoms with Crippen molar-refractivity contribution in [3.8, 4) is 0 Å². The smallest absolute Gasteiger partial charge is 0.322 e. The van der Waals surface area contributed by atoms with E-state index in [4.69, 9.17) is 5.11 Å². The Balaban J connectivity index is 3.84. The number of carboxylic acid groups (broad SMARTS) is 1. The molecule has 0 fully saturated rings. The lowest BCUT2D eigenvalue weighted by molar-refractivity contribution is -0.142. The van der Waals surface area contributed by atoms with Crippen molar-refractivity contribution < 1.29 is 27.3 Å². The standard InChI is InChI=1S/C5H8O6S/c1-12(9,10)11-5(8)3-2-4(6)7/h2-3H2,1H3,(H,6,7). The van der Waals surface area contributed by atoms with Gasteiger partial charge in [0, 0.05) is 0 Å². The van der Waals surface area contributed by atoms with E-state index in [0.717, 1.165) is 0 Å². The van der Waals surface area contributed by atoms with Gasteiger partial charge >= 0.3 is 22.1 Å². The molecule has 0 rings (SSSR count). The number of hydrogen-bond acceptors (Lipinski definition) is 5. The fourth-order valence-electron chi connectivity index (χ4n) is 0.419. The normalized spacial score (nSPS) is 10.8. The summed E-state index contributed by atoms with van der Waals surface area (Å²) in [7, 11) is -3.81. The maximum atomic E-state index is 10.5. The molecule has 0 aliphatic rings. The lowest BCUT2D eigenvalue weighted by Crippen LogP contribution is -2.12. The molecule has 0 aromatic heterocycles. The quantitative estimate of drug-likeness (QED) is 0.600. The number of aliphatic carboxylic acids is 1. The van der Waals surface area contributed by atoms with Crippen LogP contribution in [0.4, 0.5) is 0 Å². The van der Waals surface area contributed by atoms with Crippen LogP contribution in [0, 0.1) is 0 Å². The highest BCUT2D eigenvalue weighted by Crippen LogP contribution is 1.96. The second-order valence-corrected chi connectivity index (χ2v) is 3.63. The summed E-state index contributed by atoms with van der Waals surface area (Å²) < 4.78 is 24.4. The molecular weight excluding hydrogens is 188 g/mol. The molecule has 0 radical (unpaired) electrons. The van der Waals surface area contributed by atoms with Gasteiger partial charge in [0.05, 0.1) is 19.1 Å². The largest absolute Gasteiger partial charge is 0.481 e. The second kappa shape index (κ2) is 4.05. The van der Waals surface area contributed by atoms with E-state index in [1.807, 2.05) is 0 Å². The highest BCUT2D eigenvalue weighted by molar-refractivity contribution is 7.86. The first-order chi connectivity index (χ1) is 5.31. The lowest BCUT2D eigenvalue weighted by atomic mass is 10.3. The zero-order chi connectivity index (χ0) is 9.78. The number of rotatable bonds is 4. The molecule has 0 spiro atoms. The van der Waals surface area contributed by atoms with Crippen LogP contribution in [-0.2, 0) is 23.9 Å². The van der Waals surface area contributed by atoms with Crippen LogP contribution in [0.5, 0.6) is 0 Å². The zero-order valence-electron chi connectivity index (χ0n) is 6.31. The minimum Gasteiger partial charge on any atom is -0.481 e. The summed E-state index contributed by atoms with van der Waals surface area (Å²) in [6, 6.07) is 0. The van der Waals surface area contributed by atoms with Crippen LogP contribution in [0.1, 0.15) is 12.8 Å². The van der Waals surface area contributed by atoms with Crippen molar-refractivity contribution in [3.05, 3.63) is 0 Å². The minimum atomic E-state index is -3.81. The molecule has 1 N–H and O–H groups in total. The third-order valence-corrected chi connectivity index (χ3v) is 1.28. The van der Waals surface area contributed by atoms with Crippen LogP contribution in [-0.4, -0.2) is 31.7 Å². The van der Waals surface area contributed by atoms with E-state index < -0.39 is 34.9 Å². The van der Waals surface area contributed by atoms with E-state index in [1.165, 1.54) is 0 Å². The Kier molecular flexibility index (Phi) is 3.68. The molecule has 0 heterocycles. The van der Waals surface area contributed by atoms with Crippen molar-refractivity contribution in [2.24, 2.45) is 0 Å². The molecule has 12 heavy (non-hydrogen) atoms. The summed E-state index contributed by atoms with van der Waals surface area (Å²) in [5.41, 5.74) is 0. The van der Waals surface area contributed by atoms with Crippen molar-refractivity contribution in [1.29, 1.82) is 0 Å². The van der Waals surface area contributed by atoms with Crippen molar-refractivity contribution in [2.75, 3.05) is 6.26 Å². The van der Waals surface area contributed by atoms with Crippen molar-refractivity contribution in [3.63, 3.8) is 0 Å². The summed E-state index contributed by atoms with van der Waals surface area (Å²) in [5.74, 6) is -2.24. The van der Waals surface area contributed by atoms with Gasteiger partial charge in [0.1, 0.15) is 0 Å². The van der Waals surface area contributed by atoms with E-state index in [-0.39, 0.29) is 0 Å². The number of hydrogen-bond donors (Lipinski definition) is 1. The van der Waals surface area contributed by atoms with Crippen molar-refractivity contribution >= 4 is 22.1 Å². The Morgan fingerprint density at radius 3 is 2.17 bits per heavy atom. The molecular formula is C5H8O6S. The van der Waals surface area contributed by atoms with Crippen molar-refractivity contribution in [1.82, 2.24) is 0 Å². The first kappa shape index (κ1) is 10.9. The van der Waals surface area contributed by atoms with Crippen LogP contribution < -0.4 is 0 Å². The summed E-state index contributed by atoms with van der Waals surface area (Å²) in [6.07, 6.45) is -0.164. The predicted octanol–water partition coefficient (Wildman–Crippen LogP) is -0.646. The van der Waals surface area contributed by atoms with Crippen LogP contribution in [0.25, 0.3) is 0 Å². The van der Waals surface area contributed by atoms with Gasteiger partial charge in [0.2, 0.25) is 0 Å². The van der Waals surface area contributed by atoms with E-state index in [1.54, 1.807) is 0 Å². The fraction of sp³-hybridized carbons (Fsp3) is 0.600. The average Bonchev–Trinajstić information content (AvgIpc) is 1.79. The highest BCUT2D eigenvalue weighted by Gasteiger charge is 2.11. The first-order valence-electron chi connectivity index (χ1n) is 2.95. The second-order valence-electron chi connectivity index (χ2n) is 2.05. The van der Waals surface area contributed by atoms with Gasteiger partial charge in [-0.1, -0.05) is 0 Å². The molecule has 0 saturated carbocycles. The Labute approximate surface area is 69.3 Å². The molecule has 6 nitrogen and oxygen atoms in total. The molecule has 70 valence electrons. The average molecular weight is 196 g/mol. The summed E-state index contributed by atoms with van der Waals surface area (Å²) in [6.45, 7) is 0. The summed E-state index contributed by atoms with van der Waals surface area (Å²) >= 11 is 0. The van der Waals surface area contributed by atoms with Crippen LogP contribution in [0.3, 0.4) is 0 Å². The number of carbonyl (C=O) groups is 2. The zero-order valence-corrected chi connectivity index (χ0v) is 7.13. The van der Waals surface area contributed by atoms with E-state index in [2.05, 4.69) is 4.18 Å². The van der Waals surface area contributed by atoms with Crippen molar-refractivity contribution in [2.45, 2.75) is 12.8 Å². The molecule has 0 aliphatic carbocycles. The minimum absolute atomic E-state index is 0.436. The molecule has 7 heteroatoms. The first-order valence-corrected chi connectivity index (χ1v) is 4.77. The highest BCUT2D eigenvalue weighted by atomic mass is 32.2. The molecule has 0 unspecified atom stereocenters. The van der Waals surface area contributed by atoms with Gasteiger partial charge in [-0.2, -0.15) is 8.42 Å². The van der Waals surface area contributed by atoms with Gasteiger partial charge in [-0.25, -0.2) is 0 Å². The maximum absolute atomic E-state index is 10.5. The Hall–Kier alpha value is -1.11. The molecule has 0 aromatic rings. The van der Waals surface area contributed by atoms with Gasteiger partial charge in [-0.15, -0.1) is 0 Å². The molecule has 0 aromatic carbocycles. The Morgan fingerprint density at radius 1 is 1.33 bits per heavy atom. The van der Waals surface area contributed by atoms with Gasteiger partial charge in [-0.05, 0) is 0 Å². The van der Waals surface area contributed by atoms with Gasteiger partial charge in [0.25, 0.3) is 0 Å². The van der Waals surface area contributed by atoms with E-state index in [9.17, 15) is 18.0 Å². The van der Waals surface area contributed by atoms with Crippen LogP contribution in [0.2, 0.25) is 0 Å². The monoisotopic (exact) mass is 196 g/mol. The van der Waals surface area contributed by atoms with Crippen LogP contribution >= 0.6 is 0 Å². The molecule has 0 saturated heterocycles. The van der Waals surface area contributed by atoms with Gasteiger partial charge in [0.15, 0.2) is 0 Å². The maximum Gasteiger partial charge on any atom is 0.322 e. The third-order valence-electron chi connectivity index (χ3n) is 0.787. The third kappa shape index (κ3) is 7.00. The Morgan fingerprint density at radius 2 is 1.83 bits per heavy atom.